The first-order chi connectivity index (χ1) is 12.0. The number of hydrogen-bond donors (Lipinski definition) is 1. The zero-order chi connectivity index (χ0) is 17.8. The van der Waals surface area contributed by atoms with Crippen molar-refractivity contribution in [3.8, 4) is 0 Å². The summed E-state index contributed by atoms with van der Waals surface area (Å²) < 4.78 is 0. The van der Waals surface area contributed by atoms with Gasteiger partial charge in [0, 0.05) is 50.5 Å². The summed E-state index contributed by atoms with van der Waals surface area (Å²) in [5.41, 5.74) is 1.10. The Balaban J connectivity index is 1.45. The van der Waals surface area contributed by atoms with Gasteiger partial charge in [-0.3, -0.25) is 9.88 Å². The van der Waals surface area contributed by atoms with Crippen molar-refractivity contribution in [1.29, 1.82) is 0 Å². The number of aromatic nitrogens is 1. The van der Waals surface area contributed by atoms with Crippen LogP contribution in [-0.4, -0.2) is 78.1 Å². The lowest BCUT2D eigenvalue weighted by molar-refractivity contribution is 0.111. The number of urea groups is 1. The monoisotopic (exact) mass is 345 g/mol. The average Bonchev–Trinajstić information content (AvgIpc) is 3.11. The number of nitrogens with one attached hydrogen (secondary N) is 1. The standard InChI is InChI=1S/C19H31N5O/c1-15(18-6-4-5-9-20-18)23-10-12-24(13-11-23)19(25)21-16-7-8-17(14-16)22(2)3/h4-6,9,15-17H,7-8,10-14H2,1-3H3,(H,21,25)/t15-,16-,17-/m1/s1. The maximum absolute atomic E-state index is 12.5. The minimum atomic E-state index is 0.106. The molecule has 6 nitrogen and oxygen atoms in total. The molecule has 2 fully saturated rings. The summed E-state index contributed by atoms with van der Waals surface area (Å²) in [7, 11) is 4.24. The van der Waals surface area contributed by atoms with Crippen LogP contribution in [0.5, 0.6) is 0 Å². The fourth-order valence-corrected chi connectivity index (χ4v) is 3.95. The molecule has 1 N–H and O–H groups in total. The number of rotatable bonds is 4. The largest absolute Gasteiger partial charge is 0.335 e. The van der Waals surface area contributed by atoms with Gasteiger partial charge in [0.1, 0.15) is 0 Å². The summed E-state index contributed by atoms with van der Waals surface area (Å²) >= 11 is 0. The highest BCUT2D eigenvalue weighted by Gasteiger charge is 2.30. The molecule has 25 heavy (non-hydrogen) atoms. The third-order valence-corrected chi connectivity index (χ3v) is 5.73. The topological polar surface area (TPSA) is 51.7 Å². The van der Waals surface area contributed by atoms with Gasteiger partial charge >= 0.3 is 6.03 Å². The van der Waals surface area contributed by atoms with E-state index in [9.17, 15) is 4.79 Å². The van der Waals surface area contributed by atoms with E-state index < -0.39 is 0 Å². The maximum atomic E-state index is 12.5. The van der Waals surface area contributed by atoms with Gasteiger partial charge in [-0.15, -0.1) is 0 Å². The first-order valence-corrected chi connectivity index (χ1v) is 9.41. The van der Waals surface area contributed by atoms with E-state index in [0.717, 1.165) is 44.7 Å². The minimum absolute atomic E-state index is 0.106. The molecule has 2 heterocycles. The molecule has 1 saturated carbocycles. The average molecular weight is 345 g/mol. The second-order valence-electron chi connectivity index (χ2n) is 7.53. The fraction of sp³-hybridized carbons (Fsp3) is 0.684. The lowest BCUT2D eigenvalue weighted by Gasteiger charge is -2.38. The molecular formula is C19H31N5O. The van der Waals surface area contributed by atoms with Crippen LogP contribution in [0.1, 0.15) is 37.9 Å². The summed E-state index contributed by atoms with van der Waals surface area (Å²) in [4.78, 5) is 23.6. The van der Waals surface area contributed by atoms with Crippen molar-refractivity contribution in [2.75, 3.05) is 40.3 Å². The van der Waals surface area contributed by atoms with Crippen LogP contribution in [0.2, 0.25) is 0 Å². The van der Waals surface area contributed by atoms with Gasteiger partial charge in [0.15, 0.2) is 0 Å². The number of pyridine rings is 1. The molecule has 1 aromatic rings. The number of carbonyl (C=O) groups is 1. The van der Waals surface area contributed by atoms with E-state index in [-0.39, 0.29) is 6.03 Å². The van der Waals surface area contributed by atoms with E-state index in [0.29, 0.717) is 18.1 Å². The Morgan fingerprint density at radius 2 is 2.00 bits per heavy atom. The summed E-state index contributed by atoms with van der Waals surface area (Å²) in [6.07, 6.45) is 5.17. The Bertz CT molecular complexity index is 556. The molecule has 0 aromatic carbocycles. The summed E-state index contributed by atoms with van der Waals surface area (Å²) in [6, 6.07) is 7.38. The third kappa shape index (κ3) is 4.50. The second kappa shape index (κ2) is 8.15. The van der Waals surface area contributed by atoms with Crippen LogP contribution in [0.4, 0.5) is 4.79 Å². The summed E-state index contributed by atoms with van der Waals surface area (Å²) in [5.74, 6) is 0. The van der Waals surface area contributed by atoms with Crippen LogP contribution in [0.25, 0.3) is 0 Å². The number of nitrogens with zero attached hydrogens (tertiary/aromatic N) is 4. The molecule has 1 aromatic heterocycles. The van der Waals surface area contributed by atoms with Crippen molar-refractivity contribution >= 4 is 6.03 Å². The van der Waals surface area contributed by atoms with Crippen molar-refractivity contribution in [1.82, 2.24) is 25.0 Å². The molecule has 6 heteroatoms. The number of carbonyl (C=O) groups excluding carboxylic acids is 1. The lowest BCUT2D eigenvalue weighted by atomic mass is 10.1. The first kappa shape index (κ1) is 18.1. The quantitative estimate of drug-likeness (QED) is 0.906. The Kier molecular flexibility index (Phi) is 5.91. The second-order valence-corrected chi connectivity index (χ2v) is 7.53. The van der Waals surface area contributed by atoms with Crippen LogP contribution in [0.15, 0.2) is 24.4 Å². The number of piperazine rings is 1. The van der Waals surface area contributed by atoms with Crippen LogP contribution < -0.4 is 5.32 Å². The van der Waals surface area contributed by atoms with E-state index in [1.807, 2.05) is 23.2 Å². The van der Waals surface area contributed by atoms with Gasteiger partial charge in [-0.2, -0.15) is 0 Å². The molecule has 2 amide bonds. The molecular weight excluding hydrogens is 314 g/mol. The van der Waals surface area contributed by atoms with E-state index >= 15 is 0 Å². The van der Waals surface area contributed by atoms with Gasteiger partial charge in [-0.1, -0.05) is 6.07 Å². The highest BCUT2D eigenvalue weighted by Crippen LogP contribution is 2.23. The van der Waals surface area contributed by atoms with Crippen molar-refractivity contribution in [2.24, 2.45) is 0 Å². The van der Waals surface area contributed by atoms with Crippen LogP contribution in [0.3, 0.4) is 0 Å². The smallest absolute Gasteiger partial charge is 0.317 e. The van der Waals surface area contributed by atoms with Crippen molar-refractivity contribution < 1.29 is 4.79 Å². The lowest BCUT2D eigenvalue weighted by Crippen LogP contribution is -2.53. The Morgan fingerprint density at radius 1 is 1.24 bits per heavy atom. The van der Waals surface area contributed by atoms with Gasteiger partial charge in [-0.25, -0.2) is 4.79 Å². The predicted octanol–water partition coefficient (Wildman–Crippen LogP) is 1.95. The normalized spacial score (nSPS) is 26.0. The molecule has 0 bridgehead atoms. The molecule has 1 aliphatic heterocycles. The zero-order valence-corrected chi connectivity index (χ0v) is 15.7. The molecule has 0 unspecified atom stereocenters. The van der Waals surface area contributed by atoms with E-state index in [1.54, 1.807) is 0 Å². The van der Waals surface area contributed by atoms with Gasteiger partial charge in [-0.05, 0) is 52.4 Å². The van der Waals surface area contributed by atoms with Gasteiger partial charge in [0.05, 0.1) is 5.69 Å². The van der Waals surface area contributed by atoms with Gasteiger partial charge in [0.2, 0.25) is 0 Å². The first-order valence-electron chi connectivity index (χ1n) is 9.41. The maximum Gasteiger partial charge on any atom is 0.317 e. The highest BCUT2D eigenvalue weighted by atomic mass is 16.2. The SMILES string of the molecule is C[C@H](c1ccccn1)N1CCN(C(=O)N[C@@H]2CC[C@@H](N(C)C)C2)CC1. The number of hydrogen-bond acceptors (Lipinski definition) is 4. The molecule has 2 aliphatic rings. The minimum Gasteiger partial charge on any atom is -0.335 e. The van der Waals surface area contributed by atoms with Gasteiger partial charge in [0.25, 0.3) is 0 Å². The molecule has 3 atom stereocenters. The zero-order valence-electron chi connectivity index (χ0n) is 15.7. The molecule has 3 rings (SSSR count). The third-order valence-electron chi connectivity index (χ3n) is 5.73. The van der Waals surface area contributed by atoms with Crippen molar-refractivity contribution in [2.45, 2.75) is 44.3 Å². The van der Waals surface area contributed by atoms with Crippen molar-refractivity contribution in [3.05, 3.63) is 30.1 Å². The fourth-order valence-electron chi connectivity index (χ4n) is 3.95. The Morgan fingerprint density at radius 3 is 2.60 bits per heavy atom. The number of amides is 2. The molecule has 1 saturated heterocycles. The van der Waals surface area contributed by atoms with E-state index in [2.05, 4.69) is 47.2 Å². The summed E-state index contributed by atoms with van der Waals surface area (Å²) in [5, 5.41) is 3.24. The van der Waals surface area contributed by atoms with Gasteiger partial charge < -0.3 is 15.1 Å². The predicted molar refractivity (Wildman–Crippen MR) is 99.4 cm³/mol. The highest BCUT2D eigenvalue weighted by molar-refractivity contribution is 5.74. The van der Waals surface area contributed by atoms with E-state index in [4.69, 9.17) is 0 Å². The van der Waals surface area contributed by atoms with Crippen LogP contribution in [-0.2, 0) is 0 Å². The molecule has 1 aliphatic carbocycles. The van der Waals surface area contributed by atoms with Crippen LogP contribution >= 0.6 is 0 Å². The van der Waals surface area contributed by atoms with Crippen molar-refractivity contribution in [3.63, 3.8) is 0 Å². The molecule has 0 spiro atoms. The van der Waals surface area contributed by atoms with Crippen LogP contribution in [0, 0.1) is 0 Å². The summed E-state index contributed by atoms with van der Waals surface area (Å²) in [6.45, 7) is 5.56. The molecule has 138 valence electrons. The van der Waals surface area contributed by atoms with E-state index in [1.165, 1.54) is 6.42 Å². The Hall–Kier alpha value is -1.66. The Labute approximate surface area is 151 Å². The molecule has 0 radical (unpaired) electrons.